The van der Waals surface area contributed by atoms with E-state index in [-0.39, 0.29) is 5.41 Å². The highest BCUT2D eigenvalue weighted by molar-refractivity contribution is 7.91. The zero-order valence-corrected chi connectivity index (χ0v) is 7.25. The second-order valence-electron chi connectivity index (χ2n) is 3.56. The van der Waals surface area contributed by atoms with Crippen LogP contribution in [-0.2, 0) is 9.73 Å². The van der Waals surface area contributed by atoms with Crippen molar-refractivity contribution in [3.63, 3.8) is 0 Å². The van der Waals surface area contributed by atoms with E-state index in [4.69, 9.17) is 4.78 Å². The third-order valence-corrected chi connectivity index (χ3v) is 2.98. The lowest BCUT2D eigenvalue weighted by atomic mass is 9.87. The van der Waals surface area contributed by atoms with E-state index in [0.717, 1.165) is 13.1 Å². The molecule has 1 unspecified atom stereocenters. The van der Waals surface area contributed by atoms with Crippen LogP contribution in [0.2, 0.25) is 0 Å². The Labute approximate surface area is 62.2 Å². The molecule has 0 radical (unpaired) electrons. The van der Waals surface area contributed by atoms with Crippen molar-refractivity contribution >= 4 is 9.73 Å². The average molecular weight is 162 g/mol. The van der Waals surface area contributed by atoms with Crippen LogP contribution in [0.5, 0.6) is 0 Å². The van der Waals surface area contributed by atoms with Gasteiger partial charge < -0.3 is 5.32 Å². The van der Waals surface area contributed by atoms with Gasteiger partial charge in [-0.05, 0) is 0 Å². The lowest BCUT2D eigenvalue weighted by molar-refractivity contribution is 0.230. The van der Waals surface area contributed by atoms with Gasteiger partial charge in [-0.15, -0.1) is 0 Å². The van der Waals surface area contributed by atoms with Gasteiger partial charge in [0.05, 0.1) is 0 Å². The molecule has 0 aromatic rings. The summed E-state index contributed by atoms with van der Waals surface area (Å²) < 4.78 is 18.3. The van der Waals surface area contributed by atoms with Gasteiger partial charge in [-0.2, -0.15) is 0 Å². The predicted molar refractivity (Wildman–Crippen MR) is 42.6 cm³/mol. The van der Waals surface area contributed by atoms with Crippen LogP contribution in [0.25, 0.3) is 0 Å². The molecule has 2 N–H and O–H groups in total. The maximum absolute atomic E-state index is 11.0. The molecule has 0 saturated carbocycles. The first-order chi connectivity index (χ1) is 4.41. The topological polar surface area (TPSA) is 53.0 Å². The normalized spacial score (nSPS) is 28.6. The Hall–Kier alpha value is -0.0900. The third kappa shape index (κ3) is 1.95. The van der Waals surface area contributed by atoms with Gasteiger partial charge in [0.1, 0.15) is 0 Å². The zero-order valence-electron chi connectivity index (χ0n) is 6.44. The summed E-state index contributed by atoms with van der Waals surface area (Å²) in [6.45, 7) is 3.90. The lowest BCUT2D eigenvalue weighted by Crippen LogP contribution is -2.54. The highest BCUT2D eigenvalue weighted by Crippen LogP contribution is 2.22. The smallest absolute Gasteiger partial charge is 0.0418 e. The van der Waals surface area contributed by atoms with E-state index in [0.29, 0.717) is 5.75 Å². The van der Waals surface area contributed by atoms with Gasteiger partial charge in [0.25, 0.3) is 0 Å². The summed E-state index contributed by atoms with van der Waals surface area (Å²) in [5.74, 6) is 0.535. The van der Waals surface area contributed by atoms with E-state index in [9.17, 15) is 4.21 Å². The van der Waals surface area contributed by atoms with Crippen LogP contribution in [-0.4, -0.2) is 29.3 Å². The van der Waals surface area contributed by atoms with Crippen molar-refractivity contribution in [2.75, 3.05) is 25.1 Å². The first kappa shape index (κ1) is 8.01. The summed E-state index contributed by atoms with van der Waals surface area (Å²) in [5, 5.41) is 3.12. The monoisotopic (exact) mass is 162 g/mol. The van der Waals surface area contributed by atoms with Gasteiger partial charge in [0.2, 0.25) is 0 Å². The van der Waals surface area contributed by atoms with Crippen molar-refractivity contribution in [2.45, 2.75) is 6.92 Å². The average Bonchev–Trinajstić information content (AvgIpc) is 1.57. The van der Waals surface area contributed by atoms with E-state index < -0.39 is 9.73 Å². The first-order valence-corrected chi connectivity index (χ1v) is 5.47. The van der Waals surface area contributed by atoms with E-state index in [1.165, 1.54) is 6.26 Å². The summed E-state index contributed by atoms with van der Waals surface area (Å²) in [6.07, 6.45) is 1.51. The molecule has 1 fully saturated rings. The summed E-state index contributed by atoms with van der Waals surface area (Å²) in [6, 6.07) is 0. The van der Waals surface area contributed by atoms with Crippen molar-refractivity contribution in [1.29, 1.82) is 4.78 Å². The largest absolute Gasteiger partial charge is 0.315 e. The van der Waals surface area contributed by atoms with Crippen LogP contribution in [0, 0.1) is 10.2 Å². The zero-order chi connectivity index (χ0) is 7.83. The minimum Gasteiger partial charge on any atom is -0.315 e. The number of hydrogen-bond acceptors (Lipinski definition) is 3. The van der Waals surface area contributed by atoms with Crippen LogP contribution in [0.4, 0.5) is 0 Å². The maximum Gasteiger partial charge on any atom is 0.0418 e. The van der Waals surface area contributed by atoms with Crippen LogP contribution in [0.3, 0.4) is 0 Å². The fraction of sp³-hybridized carbons (Fsp3) is 1.00. The number of rotatable bonds is 2. The van der Waals surface area contributed by atoms with Crippen molar-refractivity contribution in [3.05, 3.63) is 0 Å². The molecule has 3 nitrogen and oxygen atoms in total. The van der Waals surface area contributed by atoms with Crippen molar-refractivity contribution in [1.82, 2.24) is 5.32 Å². The number of hydrogen-bond donors (Lipinski definition) is 2. The minimum atomic E-state index is -2.28. The Balaban J connectivity index is 2.53. The molecule has 1 rings (SSSR count). The van der Waals surface area contributed by atoms with Gasteiger partial charge in [-0.1, -0.05) is 6.92 Å². The summed E-state index contributed by atoms with van der Waals surface area (Å²) in [4.78, 5) is 0. The SMILES string of the molecule is CC1(CS(C)(=N)=O)CNC1. The molecule has 4 heteroatoms. The molecule has 60 valence electrons. The van der Waals surface area contributed by atoms with E-state index >= 15 is 0 Å². The molecular formula is C6H14N2OS. The highest BCUT2D eigenvalue weighted by atomic mass is 32.2. The Kier molecular flexibility index (Phi) is 1.76. The lowest BCUT2D eigenvalue weighted by Gasteiger charge is -2.39. The predicted octanol–water partition coefficient (Wildman–Crippen LogP) is 0.272. The van der Waals surface area contributed by atoms with Crippen LogP contribution >= 0.6 is 0 Å². The molecule has 1 aliphatic heterocycles. The van der Waals surface area contributed by atoms with Gasteiger partial charge in [0, 0.05) is 40.2 Å². The molecule has 0 aromatic heterocycles. The van der Waals surface area contributed by atoms with Gasteiger partial charge in [-0.25, -0.2) is 0 Å². The molecule has 0 aromatic carbocycles. The maximum atomic E-state index is 11.0. The van der Waals surface area contributed by atoms with Gasteiger partial charge in [0.15, 0.2) is 0 Å². The molecule has 1 aliphatic rings. The highest BCUT2D eigenvalue weighted by Gasteiger charge is 2.33. The summed E-state index contributed by atoms with van der Waals surface area (Å²) >= 11 is 0. The van der Waals surface area contributed by atoms with Gasteiger partial charge >= 0.3 is 0 Å². The molecular weight excluding hydrogens is 148 g/mol. The van der Waals surface area contributed by atoms with Crippen molar-refractivity contribution in [2.24, 2.45) is 5.41 Å². The second kappa shape index (κ2) is 2.20. The summed E-state index contributed by atoms with van der Waals surface area (Å²) in [7, 11) is -2.28. The van der Waals surface area contributed by atoms with E-state index in [2.05, 4.69) is 12.2 Å². The molecule has 10 heavy (non-hydrogen) atoms. The molecule has 1 atom stereocenters. The molecule has 0 aliphatic carbocycles. The van der Waals surface area contributed by atoms with Gasteiger partial charge in [-0.3, -0.25) is 8.99 Å². The Morgan fingerprint density at radius 2 is 2.20 bits per heavy atom. The van der Waals surface area contributed by atoms with Crippen molar-refractivity contribution < 1.29 is 4.21 Å². The Morgan fingerprint density at radius 3 is 2.30 bits per heavy atom. The molecule has 1 heterocycles. The Morgan fingerprint density at radius 1 is 1.70 bits per heavy atom. The molecule has 0 bridgehead atoms. The minimum absolute atomic E-state index is 0.133. The third-order valence-electron chi connectivity index (χ3n) is 1.73. The molecule has 0 spiro atoms. The first-order valence-electron chi connectivity index (χ1n) is 3.34. The Bertz CT molecular complexity index is 216. The summed E-state index contributed by atoms with van der Waals surface area (Å²) in [5.41, 5.74) is 0.133. The van der Waals surface area contributed by atoms with Crippen LogP contribution in [0.15, 0.2) is 0 Å². The van der Waals surface area contributed by atoms with E-state index in [1.807, 2.05) is 0 Å². The fourth-order valence-corrected chi connectivity index (χ4v) is 2.85. The fourth-order valence-electron chi connectivity index (χ4n) is 1.32. The quantitative estimate of drug-likeness (QED) is 0.612. The standard InChI is InChI=1S/C6H14N2OS/c1-6(3-8-4-6)5-10(2,7)9/h7-8H,3-5H2,1-2H3. The molecule has 1 saturated heterocycles. The van der Waals surface area contributed by atoms with Crippen LogP contribution in [0.1, 0.15) is 6.92 Å². The molecule has 0 amide bonds. The van der Waals surface area contributed by atoms with Crippen molar-refractivity contribution in [3.8, 4) is 0 Å². The van der Waals surface area contributed by atoms with E-state index in [1.54, 1.807) is 0 Å². The number of nitrogens with one attached hydrogen (secondary N) is 2. The van der Waals surface area contributed by atoms with Crippen LogP contribution < -0.4 is 5.32 Å². The second-order valence-corrected chi connectivity index (χ2v) is 5.86.